The second kappa shape index (κ2) is 8.98. The Morgan fingerprint density at radius 2 is 1.50 bits per heavy atom. The van der Waals surface area contributed by atoms with Crippen molar-refractivity contribution in [3.05, 3.63) is 22.1 Å². The van der Waals surface area contributed by atoms with Crippen molar-refractivity contribution in [2.24, 2.45) is 20.6 Å². The number of aliphatic imine (C=N–C) groups is 1. The Morgan fingerprint density at radius 3 is 1.71 bits per heavy atom. The van der Waals surface area contributed by atoms with Crippen molar-refractivity contribution >= 4 is 5.84 Å². The maximum absolute atomic E-state index is 10.6. The highest BCUT2D eigenvalue weighted by atomic mass is 16.1. The average molecular weight is 393 g/mol. The highest BCUT2D eigenvalue weighted by Crippen LogP contribution is 2.19. The van der Waals surface area contributed by atoms with E-state index in [-0.39, 0.29) is 21.9 Å². The molecule has 0 saturated heterocycles. The van der Waals surface area contributed by atoms with E-state index >= 15 is 0 Å². The summed E-state index contributed by atoms with van der Waals surface area (Å²) in [7, 11) is 0. The lowest BCUT2D eigenvalue weighted by Gasteiger charge is -2.13. The Labute approximate surface area is 164 Å². The number of amidine groups is 1. The highest BCUT2D eigenvalue weighted by molar-refractivity contribution is 5.88. The summed E-state index contributed by atoms with van der Waals surface area (Å²) in [4.78, 5) is 17.2. The molecule has 0 atom stereocenters. The third kappa shape index (κ3) is 7.89. The zero-order chi connectivity index (χ0) is 21.6. The Morgan fingerprint density at radius 1 is 0.857 bits per heavy atom. The number of aromatic amines is 3. The van der Waals surface area contributed by atoms with Gasteiger partial charge in [-0.3, -0.25) is 4.98 Å². The first-order valence-electron chi connectivity index (χ1n) is 9.03. The molecule has 2 aromatic rings. The normalized spacial score (nSPS) is 14.0. The van der Waals surface area contributed by atoms with Crippen molar-refractivity contribution in [2.45, 2.75) is 73.1 Å². The largest absolute Gasteiger partial charge is 0.340 e. The first-order valence-corrected chi connectivity index (χ1v) is 9.03. The standard InChI is InChI=1S/C6H11N3O.C6H11N3.C5H10N4/c1-6(2,3)4-7-5(10)9-8-4;1-6(2,3)5-7-4-8-9-5;1-5(2,3)4-6-8-9-7-4/h1-3H3,(H2,7,8,9,10);4H2,1-3H3;1-3H3,(H,6,7,8,9). The number of hydrogen-bond donors (Lipinski definition) is 3. The fourth-order valence-corrected chi connectivity index (χ4v) is 1.72. The Bertz CT molecular complexity index is 823. The first-order chi connectivity index (χ1) is 12.7. The lowest BCUT2D eigenvalue weighted by atomic mass is 9.96. The van der Waals surface area contributed by atoms with Crippen LogP contribution in [0.5, 0.6) is 0 Å². The van der Waals surface area contributed by atoms with Crippen molar-refractivity contribution in [1.82, 2.24) is 35.8 Å². The molecule has 0 bridgehead atoms. The SMILES string of the molecule is CC(C)(C)C1=NCN=N1.CC(C)(C)c1n[nH]c(=O)[nH]1.CC(C)(C)c1nn[nH]n1. The fourth-order valence-electron chi connectivity index (χ4n) is 1.72. The topological polar surface area (TPSA) is 153 Å². The molecule has 1 aliphatic heterocycles. The minimum Gasteiger partial charge on any atom is -0.292 e. The lowest BCUT2D eigenvalue weighted by molar-refractivity contribution is 0.546. The maximum atomic E-state index is 10.6. The number of azo groups is 1. The van der Waals surface area contributed by atoms with Crippen molar-refractivity contribution in [3.8, 4) is 0 Å². The van der Waals surface area contributed by atoms with E-state index in [2.05, 4.69) is 71.8 Å². The summed E-state index contributed by atoms with van der Waals surface area (Å²) in [6.45, 7) is 18.8. The zero-order valence-corrected chi connectivity index (χ0v) is 18.2. The minimum atomic E-state index is -0.245. The van der Waals surface area contributed by atoms with Gasteiger partial charge in [0.15, 0.2) is 18.3 Å². The van der Waals surface area contributed by atoms with Crippen LogP contribution in [0.15, 0.2) is 20.0 Å². The second-order valence-corrected chi connectivity index (χ2v) is 9.38. The van der Waals surface area contributed by atoms with Gasteiger partial charge in [0.05, 0.1) is 0 Å². The van der Waals surface area contributed by atoms with Crippen LogP contribution in [0.1, 0.15) is 74.0 Å². The Kier molecular flexibility index (Phi) is 7.48. The van der Waals surface area contributed by atoms with E-state index < -0.39 is 0 Å². The molecule has 3 rings (SSSR count). The van der Waals surface area contributed by atoms with Crippen molar-refractivity contribution in [1.29, 1.82) is 0 Å². The summed E-state index contributed by atoms with van der Waals surface area (Å²) in [6.07, 6.45) is 0. The average Bonchev–Trinajstić information content (AvgIpc) is 3.29. The van der Waals surface area contributed by atoms with Gasteiger partial charge in [-0.1, -0.05) is 67.5 Å². The summed E-state index contributed by atoms with van der Waals surface area (Å²) >= 11 is 0. The molecule has 28 heavy (non-hydrogen) atoms. The number of aromatic nitrogens is 7. The Balaban J connectivity index is 0.000000210. The van der Waals surface area contributed by atoms with Crippen LogP contribution in [0.2, 0.25) is 0 Å². The molecule has 0 radical (unpaired) electrons. The smallest absolute Gasteiger partial charge is 0.292 e. The molecule has 0 saturated carbocycles. The molecule has 0 aromatic carbocycles. The number of tetrazole rings is 1. The molecule has 0 unspecified atom stereocenters. The van der Waals surface area contributed by atoms with E-state index in [0.29, 0.717) is 12.5 Å². The summed E-state index contributed by atoms with van der Waals surface area (Å²) in [5, 5.41) is 27.3. The van der Waals surface area contributed by atoms with Gasteiger partial charge in [-0.05, 0) is 0 Å². The predicted octanol–water partition coefficient (Wildman–Crippen LogP) is 2.75. The van der Waals surface area contributed by atoms with Crippen molar-refractivity contribution in [2.75, 3.05) is 6.67 Å². The van der Waals surface area contributed by atoms with Gasteiger partial charge in [-0.25, -0.2) is 14.9 Å². The summed E-state index contributed by atoms with van der Waals surface area (Å²) in [6, 6.07) is 0. The third-order valence-corrected chi connectivity index (χ3v) is 3.35. The van der Waals surface area contributed by atoms with Crippen molar-refractivity contribution in [3.63, 3.8) is 0 Å². The van der Waals surface area contributed by atoms with Crippen LogP contribution in [-0.4, -0.2) is 48.3 Å². The molecule has 0 fully saturated rings. The van der Waals surface area contributed by atoms with Crippen LogP contribution in [0, 0.1) is 5.41 Å². The zero-order valence-electron chi connectivity index (χ0n) is 18.2. The van der Waals surface area contributed by atoms with E-state index in [0.717, 1.165) is 11.7 Å². The number of rotatable bonds is 0. The van der Waals surface area contributed by atoms with Crippen LogP contribution in [0.25, 0.3) is 0 Å². The molecular formula is C17H32N10O. The van der Waals surface area contributed by atoms with Gasteiger partial charge in [0.25, 0.3) is 0 Å². The van der Waals surface area contributed by atoms with Gasteiger partial charge < -0.3 is 0 Å². The highest BCUT2D eigenvalue weighted by Gasteiger charge is 2.20. The van der Waals surface area contributed by atoms with Crippen LogP contribution in [-0.2, 0) is 10.8 Å². The van der Waals surface area contributed by atoms with E-state index in [1.807, 2.05) is 41.5 Å². The number of hydrogen-bond acceptors (Lipinski definition) is 8. The van der Waals surface area contributed by atoms with Crippen molar-refractivity contribution < 1.29 is 0 Å². The minimum absolute atomic E-state index is 0.00694. The molecule has 2 aromatic heterocycles. The lowest BCUT2D eigenvalue weighted by Crippen LogP contribution is -2.16. The van der Waals surface area contributed by atoms with Gasteiger partial charge in [-0.15, -0.1) is 15.3 Å². The van der Waals surface area contributed by atoms with Gasteiger partial charge in [0.1, 0.15) is 5.82 Å². The molecule has 11 nitrogen and oxygen atoms in total. The predicted molar refractivity (Wildman–Crippen MR) is 107 cm³/mol. The van der Waals surface area contributed by atoms with E-state index in [4.69, 9.17) is 0 Å². The third-order valence-electron chi connectivity index (χ3n) is 3.35. The first kappa shape index (κ1) is 23.3. The van der Waals surface area contributed by atoms with Crippen LogP contribution < -0.4 is 5.69 Å². The molecule has 11 heteroatoms. The Hall–Kier alpha value is -2.72. The molecule has 3 heterocycles. The molecule has 156 valence electrons. The number of nitrogens with zero attached hydrogens (tertiary/aromatic N) is 7. The quantitative estimate of drug-likeness (QED) is 0.629. The van der Waals surface area contributed by atoms with Crippen LogP contribution >= 0.6 is 0 Å². The van der Waals surface area contributed by atoms with E-state index in [1.165, 1.54) is 0 Å². The monoisotopic (exact) mass is 392 g/mol. The summed E-state index contributed by atoms with van der Waals surface area (Å²) in [5.74, 6) is 2.31. The number of H-pyrrole nitrogens is 3. The number of nitrogens with one attached hydrogen (secondary N) is 3. The van der Waals surface area contributed by atoms with E-state index in [9.17, 15) is 4.79 Å². The second-order valence-electron chi connectivity index (χ2n) is 9.38. The molecular weight excluding hydrogens is 360 g/mol. The summed E-state index contributed by atoms with van der Waals surface area (Å²) < 4.78 is 0. The van der Waals surface area contributed by atoms with Gasteiger partial charge >= 0.3 is 5.69 Å². The van der Waals surface area contributed by atoms with E-state index in [1.54, 1.807) is 0 Å². The van der Waals surface area contributed by atoms with Crippen LogP contribution in [0.3, 0.4) is 0 Å². The summed E-state index contributed by atoms with van der Waals surface area (Å²) in [5.41, 5.74) is -0.253. The molecule has 0 amide bonds. The fraction of sp³-hybridized carbons (Fsp3) is 0.765. The molecule has 0 spiro atoms. The maximum Gasteiger partial charge on any atom is 0.340 e. The molecule has 1 aliphatic rings. The molecule has 3 N–H and O–H groups in total. The van der Waals surface area contributed by atoms with Gasteiger partial charge in [-0.2, -0.15) is 15.4 Å². The van der Waals surface area contributed by atoms with Gasteiger partial charge in [0.2, 0.25) is 0 Å². The molecule has 0 aliphatic carbocycles. The van der Waals surface area contributed by atoms with Crippen LogP contribution in [0.4, 0.5) is 0 Å². The van der Waals surface area contributed by atoms with Gasteiger partial charge in [0, 0.05) is 16.2 Å².